The summed E-state index contributed by atoms with van der Waals surface area (Å²) < 4.78 is 29.0. The van der Waals surface area contributed by atoms with Gasteiger partial charge in [0.05, 0.1) is 38.2 Å². The Balaban J connectivity index is 1.25. The molecule has 8 heteroatoms. The van der Waals surface area contributed by atoms with Gasteiger partial charge in [-0.1, -0.05) is 18.2 Å². The largest absolute Gasteiger partial charge is 0.496 e. The molecule has 0 spiro atoms. The number of hydrogen-bond acceptors (Lipinski definition) is 8. The second-order valence-corrected chi connectivity index (χ2v) is 10.4. The normalized spacial score (nSPS) is 20.5. The molecule has 3 aromatic carbocycles. The Kier molecular flexibility index (Phi) is 9.44. The molecule has 2 aliphatic rings. The maximum absolute atomic E-state index is 11.0. The van der Waals surface area contributed by atoms with Gasteiger partial charge in [0.1, 0.15) is 29.6 Å². The van der Waals surface area contributed by atoms with Gasteiger partial charge in [0.15, 0.2) is 0 Å². The molecule has 0 bridgehead atoms. The van der Waals surface area contributed by atoms with E-state index in [0.29, 0.717) is 26.3 Å². The van der Waals surface area contributed by atoms with Gasteiger partial charge in [0, 0.05) is 39.3 Å². The van der Waals surface area contributed by atoms with Crippen LogP contribution in [0, 0.1) is 6.92 Å². The first-order valence-electron chi connectivity index (χ1n) is 14.0. The smallest absolute Gasteiger partial charge is 0.142 e. The number of aliphatic hydroxyl groups is 1. The van der Waals surface area contributed by atoms with Crippen LogP contribution in [-0.2, 0) is 16.1 Å². The van der Waals surface area contributed by atoms with Crippen molar-refractivity contribution in [1.82, 2.24) is 5.32 Å². The molecule has 2 N–H and O–H groups in total. The molecule has 40 heavy (non-hydrogen) atoms. The van der Waals surface area contributed by atoms with Gasteiger partial charge in [0.2, 0.25) is 0 Å². The summed E-state index contributed by atoms with van der Waals surface area (Å²) in [5.74, 6) is 3.08. The fourth-order valence-electron chi connectivity index (χ4n) is 5.53. The van der Waals surface area contributed by atoms with E-state index in [1.807, 2.05) is 55.5 Å². The van der Waals surface area contributed by atoms with Crippen molar-refractivity contribution in [1.29, 1.82) is 0 Å². The Labute approximate surface area is 236 Å². The molecule has 1 saturated heterocycles. The molecule has 5 rings (SSSR count). The van der Waals surface area contributed by atoms with Crippen LogP contribution in [0.4, 0.5) is 5.69 Å². The molecule has 0 unspecified atom stereocenters. The number of benzene rings is 3. The third-order valence-electron chi connectivity index (χ3n) is 7.60. The molecule has 214 valence electrons. The minimum atomic E-state index is -0.553. The molecule has 3 aromatic rings. The van der Waals surface area contributed by atoms with Crippen molar-refractivity contribution in [2.24, 2.45) is 0 Å². The summed E-state index contributed by atoms with van der Waals surface area (Å²) in [5, 5.41) is 14.3. The average Bonchev–Trinajstić information content (AvgIpc) is 2.97. The van der Waals surface area contributed by atoms with Crippen LogP contribution < -0.4 is 24.4 Å². The summed E-state index contributed by atoms with van der Waals surface area (Å²) in [6.45, 7) is 6.85. The highest BCUT2D eigenvalue weighted by Crippen LogP contribution is 2.35. The second-order valence-electron chi connectivity index (χ2n) is 10.4. The molecule has 1 fully saturated rings. The molecule has 0 aliphatic carbocycles. The van der Waals surface area contributed by atoms with Gasteiger partial charge in [-0.3, -0.25) is 0 Å². The summed E-state index contributed by atoms with van der Waals surface area (Å²) in [4.78, 5) is 2.35. The Hall–Kier alpha value is -3.30. The second kappa shape index (κ2) is 13.4. The van der Waals surface area contributed by atoms with E-state index in [4.69, 9.17) is 23.7 Å². The van der Waals surface area contributed by atoms with Crippen LogP contribution in [-0.4, -0.2) is 70.9 Å². The van der Waals surface area contributed by atoms with Crippen LogP contribution in [0.1, 0.15) is 29.0 Å². The predicted octanol–water partition coefficient (Wildman–Crippen LogP) is 4.66. The molecule has 0 saturated carbocycles. The maximum atomic E-state index is 11.0. The zero-order valence-electron chi connectivity index (χ0n) is 23.6. The number of methoxy groups -OCH3 is 2. The number of rotatable bonds is 11. The molecule has 2 heterocycles. The summed E-state index contributed by atoms with van der Waals surface area (Å²) in [7, 11) is 3.40. The summed E-state index contributed by atoms with van der Waals surface area (Å²) in [6.07, 6.45) is 0.237. The average molecular weight is 549 g/mol. The quantitative estimate of drug-likeness (QED) is 0.335. The Bertz CT molecular complexity index is 1250. The lowest BCUT2D eigenvalue weighted by Crippen LogP contribution is -2.49. The summed E-state index contributed by atoms with van der Waals surface area (Å²) in [5.41, 5.74) is 4.22. The lowest BCUT2D eigenvalue weighted by atomic mass is 9.85. The minimum absolute atomic E-state index is 0.148. The van der Waals surface area contributed by atoms with E-state index in [-0.39, 0.29) is 12.0 Å². The van der Waals surface area contributed by atoms with Gasteiger partial charge in [-0.2, -0.15) is 0 Å². The fourth-order valence-corrected chi connectivity index (χ4v) is 5.53. The number of aliphatic hydroxyl groups excluding tert-OH is 1. The zero-order valence-corrected chi connectivity index (χ0v) is 23.6. The summed E-state index contributed by atoms with van der Waals surface area (Å²) >= 11 is 0. The zero-order chi connectivity index (χ0) is 27.9. The number of ether oxygens (including phenoxy) is 5. The van der Waals surface area contributed by atoms with E-state index >= 15 is 0 Å². The van der Waals surface area contributed by atoms with Crippen LogP contribution >= 0.6 is 0 Å². The fraction of sp³-hybridized carbons (Fsp3) is 0.438. The van der Waals surface area contributed by atoms with E-state index < -0.39 is 6.10 Å². The molecular weight excluding hydrogens is 508 g/mol. The SMILES string of the molecule is COCCCN1CCOc2ccc(CO[C@H]3CNC[C@@H](O)[C@@H]3c3ccc(Oc4ccc(OC)c(C)c4)cc3)cc21. The number of aryl methyl sites for hydroxylation is 1. The van der Waals surface area contributed by atoms with Crippen LogP contribution in [0.2, 0.25) is 0 Å². The van der Waals surface area contributed by atoms with Gasteiger partial charge in [-0.15, -0.1) is 0 Å². The van der Waals surface area contributed by atoms with Crippen molar-refractivity contribution in [2.45, 2.75) is 38.1 Å². The number of piperidine rings is 1. The van der Waals surface area contributed by atoms with Crippen molar-refractivity contribution < 1.29 is 28.8 Å². The van der Waals surface area contributed by atoms with E-state index in [0.717, 1.165) is 71.5 Å². The van der Waals surface area contributed by atoms with Crippen LogP contribution in [0.3, 0.4) is 0 Å². The van der Waals surface area contributed by atoms with E-state index in [1.54, 1.807) is 14.2 Å². The Morgan fingerprint density at radius 1 is 1.00 bits per heavy atom. The first-order chi connectivity index (χ1) is 19.6. The number of hydrogen-bond donors (Lipinski definition) is 2. The minimum Gasteiger partial charge on any atom is -0.496 e. The monoisotopic (exact) mass is 548 g/mol. The number of fused-ring (bicyclic) bond motifs is 1. The first-order valence-corrected chi connectivity index (χ1v) is 14.0. The van der Waals surface area contributed by atoms with Gasteiger partial charge in [0.25, 0.3) is 0 Å². The van der Waals surface area contributed by atoms with Gasteiger partial charge < -0.3 is 39.0 Å². The van der Waals surface area contributed by atoms with E-state index in [1.165, 1.54) is 0 Å². The molecule has 0 amide bonds. The number of nitrogens with zero attached hydrogens (tertiary/aromatic N) is 1. The standard InChI is InChI=1S/C32H40N2O6/c1-22-17-26(10-12-29(22)37-3)40-25-8-6-24(7-9-25)32-28(35)19-33-20-31(32)39-21-23-5-11-30-27(18-23)34(14-16-38-30)13-4-15-36-2/h5-12,17-18,28,31-33,35H,4,13-16,19-21H2,1-3H3/t28-,31+,32+/m1/s1. The van der Waals surface area contributed by atoms with Crippen LogP contribution in [0.25, 0.3) is 0 Å². The van der Waals surface area contributed by atoms with Crippen molar-refractivity contribution in [3.63, 3.8) is 0 Å². The van der Waals surface area contributed by atoms with Gasteiger partial charge in [-0.25, -0.2) is 0 Å². The third kappa shape index (κ3) is 6.70. The summed E-state index contributed by atoms with van der Waals surface area (Å²) in [6, 6.07) is 20.0. The highest BCUT2D eigenvalue weighted by atomic mass is 16.5. The van der Waals surface area contributed by atoms with Crippen molar-refractivity contribution in [2.75, 3.05) is 58.5 Å². The van der Waals surface area contributed by atoms with Crippen LogP contribution in [0.5, 0.6) is 23.0 Å². The molecule has 2 aliphatic heterocycles. The van der Waals surface area contributed by atoms with Gasteiger partial charge in [-0.05, 0) is 72.5 Å². The van der Waals surface area contributed by atoms with Crippen molar-refractivity contribution in [3.05, 3.63) is 77.4 Å². The topological polar surface area (TPSA) is 81.7 Å². The molecule has 3 atom stereocenters. The molecule has 8 nitrogen and oxygen atoms in total. The highest BCUT2D eigenvalue weighted by molar-refractivity contribution is 5.61. The molecule has 0 aromatic heterocycles. The van der Waals surface area contributed by atoms with Crippen LogP contribution in [0.15, 0.2) is 60.7 Å². The Morgan fingerprint density at radius 3 is 2.60 bits per heavy atom. The lowest BCUT2D eigenvalue weighted by Gasteiger charge is -2.36. The van der Waals surface area contributed by atoms with Crippen molar-refractivity contribution in [3.8, 4) is 23.0 Å². The first kappa shape index (κ1) is 28.2. The maximum Gasteiger partial charge on any atom is 0.142 e. The molecular formula is C32H40N2O6. The van der Waals surface area contributed by atoms with Crippen molar-refractivity contribution >= 4 is 5.69 Å². The highest BCUT2D eigenvalue weighted by Gasteiger charge is 2.34. The van der Waals surface area contributed by atoms with E-state index in [9.17, 15) is 5.11 Å². The van der Waals surface area contributed by atoms with Gasteiger partial charge >= 0.3 is 0 Å². The number of nitrogens with one attached hydrogen (secondary N) is 1. The predicted molar refractivity (Wildman–Crippen MR) is 155 cm³/mol. The lowest BCUT2D eigenvalue weighted by molar-refractivity contribution is -0.0328. The number of β-amino-alcohol motifs (C(OH)–C–C–N with tert-alkyl or cyclic N) is 1. The molecule has 0 radical (unpaired) electrons. The number of anilines is 1. The third-order valence-corrected chi connectivity index (χ3v) is 7.60. The van der Waals surface area contributed by atoms with E-state index in [2.05, 4.69) is 22.3 Å². The Morgan fingerprint density at radius 2 is 1.82 bits per heavy atom.